The van der Waals surface area contributed by atoms with Crippen molar-refractivity contribution >= 4 is 35.0 Å². The van der Waals surface area contributed by atoms with E-state index < -0.39 is 23.0 Å². The Balaban J connectivity index is 1.79. The molecule has 41 heavy (non-hydrogen) atoms. The summed E-state index contributed by atoms with van der Waals surface area (Å²) in [7, 11) is 1.51. The number of hydrogen-bond acceptors (Lipinski definition) is 9. The second-order valence-corrected chi connectivity index (χ2v) is 11.2. The van der Waals surface area contributed by atoms with Crippen molar-refractivity contribution in [1.82, 2.24) is 29.5 Å². The number of amides is 2. The number of carbonyl (C=O) groups excluding carboxylic acids is 2. The topological polar surface area (TPSA) is 156 Å². The fraction of sp³-hybridized carbons (Fsp3) is 0.357. The Kier molecular flexibility index (Phi) is 8.10. The lowest BCUT2D eigenvalue weighted by atomic mass is 9.95. The normalized spacial score (nSPS) is 11.8. The average Bonchev–Trinajstić information content (AvgIpc) is 3.36. The minimum Gasteiger partial charge on any atom is -0.443 e. The van der Waals surface area contributed by atoms with Gasteiger partial charge < -0.3 is 20.5 Å². The molecule has 13 heteroatoms. The monoisotopic (exact) mass is 562 g/mol. The number of rotatable bonds is 8. The first-order chi connectivity index (χ1) is 19.3. The van der Waals surface area contributed by atoms with Crippen molar-refractivity contribution < 1.29 is 19.4 Å². The summed E-state index contributed by atoms with van der Waals surface area (Å²) in [6.45, 7) is 8.97. The Bertz CT molecular complexity index is 1620. The highest BCUT2D eigenvalue weighted by Crippen LogP contribution is 2.25. The van der Waals surface area contributed by atoms with Crippen LogP contribution in [0.25, 0.3) is 11.5 Å². The minimum absolute atomic E-state index is 0.119. The SMILES string of the molecule is CN(C(=O)OC(C)(C)C)c1cc(Nc2cccn(-c3ccccn3)c2=O)nc2c(C(=O)NCC(C)(C)CO)cnn12. The van der Waals surface area contributed by atoms with Gasteiger partial charge in [-0.2, -0.15) is 9.61 Å². The zero-order chi connectivity index (χ0) is 29.9. The third-order valence-electron chi connectivity index (χ3n) is 5.97. The number of ether oxygens (including phenoxy) is 1. The zero-order valence-electron chi connectivity index (χ0n) is 23.9. The van der Waals surface area contributed by atoms with Crippen molar-refractivity contribution in [3.05, 3.63) is 70.9 Å². The first-order valence-corrected chi connectivity index (χ1v) is 12.9. The van der Waals surface area contributed by atoms with Crippen molar-refractivity contribution in [2.75, 3.05) is 30.4 Å². The van der Waals surface area contributed by atoms with E-state index in [-0.39, 0.29) is 47.2 Å². The lowest BCUT2D eigenvalue weighted by Gasteiger charge is -2.25. The molecule has 0 aliphatic heterocycles. The third kappa shape index (κ3) is 6.69. The van der Waals surface area contributed by atoms with Gasteiger partial charge in [0.2, 0.25) is 0 Å². The van der Waals surface area contributed by atoms with Gasteiger partial charge in [0.25, 0.3) is 11.5 Å². The highest BCUT2D eigenvalue weighted by atomic mass is 16.6. The summed E-state index contributed by atoms with van der Waals surface area (Å²) in [6.07, 6.45) is 3.88. The molecule has 0 saturated heterocycles. The minimum atomic E-state index is -0.756. The molecule has 0 saturated carbocycles. The molecule has 216 valence electrons. The highest BCUT2D eigenvalue weighted by Gasteiger charge is 2.26. The van der Waals surface area contributed by atoms with Crippen molar-refractivity contribution in [3.63, 3.8) is 0 Å². The molecule has 0 unspecified atom stereocenters. The van der Waals surface area contributed by atoms with E-state index in [9.17, 15) is 19.5 Å². The van der Waals surface area contributed by atoms with E-state index in [0.29, 0.717) is 5.82 Å². The number of aliphatic hydroxyl groups is 1. The second kappa shape index (κ2) is 11.4. The number of fused-ring (bicyclic) bond motifs is 1. The lowest BCUT2D eigenvalue weighted by Crippen LogP contribution is -2.36. The molecule has 0 fully saturated rings. The summed E-state index contributed by atoms with van der Waals surface area (Å²) in [5.74, 6) is 0.399. The summed E-state index contributed by atoms with van der Waals surface area (Å²) < 4.78 is 8.26. The fourth-order valence-electron chi connectivity index (χ4n) is 3.71. The molecule has 4 aromatic heterocycles. The number of anilines is 3. The van der Waals surface area contributed by atoms with Gasteiger partial charge in [-0.05, 0) is 45.0 Å². The Morgan fingerprint density at radius 2 is 1.88 bits per heavy atom. The standard InChI is InChI=1S/C28H34N8O5/c1-27(2,3)41-26(40)34(6)22-14-20(32-19-10-9-13-35(25(19)39)21-11-7-8-12-29-21)33-23-18(15-31-36(22)23)24(38)30-16-28(4,5)17-37/h7-15,37H,16-17H2,1-6H3,(H,30,38)(H,32,33). The van der Waals surface area contributed by atoms with E-state index >= 15 is 0 Å². The Morgan fingerprint density at radius 1 is 1.12 bits per heavy atom. The van der Waals surface area contributed by atoms with E-state index in [4.69, 9.17) is 4.74 Å². The molecule has 2 amide bonds. The number of pyridine rings is 2. The molecule has 4 rings (SSSR count). The molecule has 4 aromatic rings. The maximum absolute atomic E-state index is 13.3. The van der Waals surface area contributed by atoms with Gasteiger partial charge in [-0.1, -0.05) is 19.9 Å². The highest BCUT2D eigenvalue weighted by molar-refractivity contribution is 6.00. The van der Waals surface area contributed by atoms with Crippen LogP contribution in [-0.2, 0) is 4.74 Å². The van der Waals surface area contributed by atoms with Crippen LogP contribution in [0.4, 0.5) is 22.1 Å². The third-order valence-corrected chi connectivity index (χ3v) is 5.97. The van der Waals surface area contributed by atoms with Crippen LogP contribution < -0.4 is 21.1 Å². The number of aromatic nitrogens is 5. The predicted octanol–water partition coefficient (Wildman–Crippen LogP) is 3.14. The molecule has 0 bridgehead atoms. The van der Waals surface area contributed by atoms with Crippen LogP contribution in [0.1, 0.15) is 45.0 Å². The van der Waals surface area contributed by atoms with E-state index in [1.165, 1.54) is 33.3 Å². The van der Waals surface area contributed by atoms with Crippen LogP contribution in [0, 0.1) is 5.41 Å². The molecular weight excluding hydrogens is 528 g/mol. The van der Waals surface area contributed by atoms with Crippen LogP contribution in [0.3, 0.4) is 0 Å². The summed E-state index contributed by atoms with van der Waals surface area (Å²) in [5, 5.41) is 19.7. The molecule has 13 nitrogen and oxygen atoms in total. The summed E-state index contributed by atoms with van der Waals surface area (Å²) in [4.78, 5) is 49.5. The van der Waals surface area contributed by atoms with Gasteiger partial charge in [-0.3, -0.25) is 19.1 Å². The number of nitrogens with zero attached hydrogens (tertiary/aromatic N) is 6. The summed E-state index contributed by atoms with van der Waals surface area (Å²) in [6, 6.07) is 10.0. The maximum Gasteiger partial charge on any atom is 0.415 e. The predicted molar refractivity (Wildman–Crippen MR) is 154 cm³/mol. The van der Waals surface area contributed by atoms with Crippen molar-refractivity contribution in [1.29, 1.82) is 0 Å². The zero-order valence-corrected chi connectivity index (χ0v) is 23.9. The molecule has 0 atom stereocenters. The van der Waals surface area contributed by atoms with Crippen LogP contribution in [0.15, 0.2) is 59.8 Å². The number of nitrogens with one attached hydrogen (secondary N) is 2. The molecule has 3 N–H and O–H groups in total. The average molecular weight is 563 g/mol. The Morgan fingerprint density at radius 3 is 2.54 bits per heavy atom. The Hall–Kier alpha value is -4.78. The number of carbonyl (C=O) groups is 2. The van der Waals surface area contributed by atoms with E-state index in [0.717, 1.165) is 0 Å². The van der Waals surface area contributed by atoms with Crippen molar-refractivity contribution in [2.45, 2.75) is 40.2 Å². The molecule has 0 spiro atoms. The van der Waals surface area contributed by atoms with Crippen LogP contribution in [0.2, 0.25) is 0 Å². The van der Waals surface area contributed by atoms with Crippen LogP contribution in [-0.4, -0.2) is 67.1 Å². The van der Waals surface area contributed by atoms with Gasteiger partial charge in [0.1, 0.15) is 34.3 Å². The van der Waals surface area contributed by atoms with E-state index in [1.54, 1.807) is 63.5 Å². The van der Waals surface area contributed by atoms with Crippen molar-refractivity contribution in [3.8, 4) is 5.82 Å². The van der Waals surface area contributed by atoms with Gasteiger partial charge in [0, 0.05) is 44.1 Å². The molecule has 0 aliphatic rings. The van der Waals surface area contributed by atoms with Gasteiger partial charge in [0.15, 0.2) is 5.65 Å². The van der Waals surface area contributed by atoms with E-state index in [2.05, 4.69) is 25.7 Å². The summed E-state index contributed by atoms with van der Waals surface area (Å²) in [5.41, 5.74) is -1.21. The summed E-state index contributed by atoms with van der Waals surface area (Å²) >= 11 is 0. The van der Waals surface area contributed by atoms with Gasteiger partial charge >= 0.3 is 6.09 Å². The molecule has 0 radical (unpaired) electrons. The second-order valence-electron chi connectivity index (χ2n) is 11.2. The lowest BCUT2D eigenvalue weighted by molar-refractivity contribution is 0.0587. The van der Waals surface area contributed by atoms with Crippen LogP contribution in [0.5, 0.6) is 0 Å². The fourth-order valence-corrected chi connectivity index (χ4v) is 3.71. The largest absolute Gasteiger partial charge is 0.443 e. The number of aliphatic hydroxyl groups excluding tert-OH is 1. The molecule has 0 aromatic carbocycles. The van der Waals surface area contributed by atoms with Crippen LogP contribution >= 0.6 is 0 Å². The van der Waals surface area contributed by atoms with Gasteiger partial charge in [-0.15, -0.1) is 0 Å². The number of hydrogen-bond donors (Lipinski definition) is 3. The maximum atomic E-state index is 13.3. The molecular formula is C28H34N8O5. The van der Waals surface area contributed by atoms with Gasteiger partial charge in [-0.25, -0.2) is 14.8 Å². The molecule has 4 heterocycles. The Labute approximate surface area is 236 Å². The first kappa shape index (κ1) is 29.2. The van der Waals surface area contributed by atoms with Gasteiger partial charge in [0.05, 0.1) is 6.20 Å². The molecule has 0 aliphatic carbocycles. The van der Waals surface area contributed by atoms with Crippen molar-refractivity contribution in [2.24, 2.45) is 5.41 Å². The first-order valence-electron chi connectivity index (χ1n) is 12.9. The van der Waals surface area contributed by atoms with E-state index in [1.807, 2.05) is 13.8 Å². The quantitative estimate of drug-likeness (QED) is 0.294. The smallest absolute Gasteiger partial charge is 0.415 e.